The number of thiazole rings is 1. The Morgan fingerprint density at radius 2 is 2.22 bits per heavy atom. The summed E-state index contributed by atoms with van der Waals surface area (Å²) in [4.78, 5) is 15.5. The Kier molecular flexibility index (Phi) is 4.69. The van der Waals surface area contributed by atoms with Gasteiger partial charge >= 0.3 is 12.1 Å². The molecule has 18 heavy (non-hydrogen) atoms. The normalized spacial score (nSPS) is 13.9. The van der Waals surface area contributed by atoms with E-state index >= 15 is 0 Å². The van der Waals surface area contributed by atoms with E-state index in [0.717, 1.165) is 10.6 Å². The molecule has 1 rings (SSSR count). The fraction of sp³-hybridized carbons (Fsp3) is 0.600. The number of hydrogen-bond acceptors (Lipinski definition) is 4. The molecule has 1 unspecified atom stereocenters. The van der Waals surface area contributed by atoms with Crippen molar-refractivity contribution in [3.05, 3.63) is 16.1 Å². The van der Waals surface area contributed by atoms with E-state index in [2.05, 4.69) is 4.98 Å². The molecule has 0 saturated heterocycles. The van der Waals surface area contributed by atoms with Crippen molar-refractivity contribution in [1.29, 1.82) is 0 Å². The standard InChI is InChI=1S/C10H13F3N2O2S/c1-6-5-18-8(14-6)4-15(2)7(3-9(16)17)10(11,12)13/h5,7H,3-4H2,1-2H3,(H,16,17). The summed E-state index contributed by atoms with van der Waals surface area (Å²) in [5.41, 5.74) is 0.741. The smallest absolute Gasteiger partial charge is 0.404 e. The van der Waals surface area contributed by atoms with Crippen molar-refractivity contribution in [2.24, 2.45) is 0 Å². The van der Waals surface area contributed by atoms with Gasteiger partial charge in [0.1, 0.15) is 11.0 Å². The third-order valence-corrected chi connectivity index (χ3v) is 3.28. The van der Waals surface area contributed by atoms with Crippen LogP contribution in [0, 0.1) is 6.92 Å². The molecule has 1 aromatic heterocycles. The first kappa shape index (κ1) is 14.9. The van der Waals surface area contributed by atoms with Crippen LogP contribution >= 0.6 is 11.3 Å². The highest BCUT2D eigenvalue weighted by Crippen LogP contribution is 2.28. The summed E-state index contributed by atoms with van der Waals surface area (Å²) in [7, 11) is 1.25. The Labute approximate surface area is 106 Å². The maximum absolute atomic E-state index is 12.7. The topological polar surface area (TPSA) is 53.4 Å². The summed E-state index contributed by atoms with van der Waals surface area (Å²) in [6.45, 7) is 1.73. The van der Waals surface area contributed by atoms with E-state index < -0.39 is 24.6 Å². The van der Waals surface area contributed by atoms with Gasteiger partial charge in [0, 0.05) is 11.1 Å². The summed E-state index contributed by atoms with van der Waals surface area (Å²) in [5, 5.41) is 10.8. The maximum Gasteiger partial charge on any atom is 0.404 e. The number of carbonyl (C=O) groups is 1. The van der Waals surface area contributed by atoms with E-state index in [1.165, 1.54) is 18.4 Å². The second-order valence-corrected chi connectivity index (χ2v) is 4.90. The van der Waals surface area contributed by atoms with Crippen LogP contribution in [0.3, 0.4) is 0 Å². The first-order valence-corrected chi connectivity index (χ1v) is 5.98. The summed E-state index contributed by atoms with van der Waals surface area (Å²) in [5.74, 6) is -1.47. The number of rotatable bonds is 5. The van der Waals surface area contributed by atoms with Crippen LogP contribution in [0.4, 0.5) is 13.2 Å². The molecule has 0 amide bonds. The molecule has 0 aliphatic heterocycles. The minimum absolute atomic E-state index is 0.0179. The third-order valence-electron chi connectivity index (χ3n) is 2.33. The average Bonchev–Trinajstić information content (AvgIpc) is 2.58. The van der Waals surface area contributed by atoms with Crippen LogP contribution in [-0.2, 0) is 11.3 Å². The van der Waals surface area contributed by atoms with Gasteiger partial charge in [-0.1, -0.05) is 0 Å². The molecule has 4 nitrogen and oxygen atoms in total. The van der Waals surface area contributed by atoms with Crippen molar-refractivity contribution < 1.29 is 23.1 Å². The van der Waals surface area contributed by atoms with E-state index in [9.17, 15) is 18.0 Å². The first-order chi connectivity index (χ1) is 8.20. The van der Waals surface area contributed by atoms with E-state index in [-0.39, 0.29) is 6.54 Å². The fourth-order valence-electron chi connectivity index (χ4n) is 1.49. The summed E-state index contributed by atoms with van der Waals surface area (Å²) in [6, 6.07) is -2.00. The number of carboxylic acid groups (broad SMARTS) is 1. The van der Waals surface area contributed by atoms with Crippen LogP contribution in [0.25, 0.3) is 0 Å². The van der Waals surface area contributed by atoms with Crippen LogP contribution in [0.5, 0.6) is 0 Å². The molecule has 0 bridgehead atoms. The van der Waals surface area contributed by atoms with E-state index in [1.807, 2.05) is 0 Å². The number of hydrogen-bond donors (Lipinski definition) is 1. The number of carboxylic acids is 1. The highest BCUT2D eigenvalue weighted by Gasteiger charge is 2.43. The summed E-state index contributed by atoms with van der Waals surface area (Å²) in [6.07, 6.45) is -5.54. The molecular formula is C10H13F3N2O2S. The van der Waals surface area contributed by atoms with E-state index in [1.54, 1.807) is 12.3 Å². The first-order valence-electron chi connectivity index (χ1n) is 5.10. The van der Waals surface area contributed by atoms with Gasteiger partial charge in [-0.15, -0.1) is 11.3 Å². The van der Waals surface area contributed by atoms with Crippen LogP contribution in [0.15, 0.2) is 5.38 Å². The molecular weight excluding hydrogens is 269 g/mol. The lowest BCUT2D eigenvalue weighted by atomic mass is 10.2. The average molecular weight is 282 g/mol. The Morgan fingerprint density at radius 1 is 1.61 bits per heavy atom. The van der Waals surface area contributed by atoms with Crippen molar-refractivity contribution in [3.63, 3.8) is 0 Å². The molecule has 102 valence electrons. The molecule has 0 radical (unpaired) electrons. The third kappa shape index (κ3) is 4.26. The summed E-state index contributed by atoms with van der Waals surface area (Å²) < 4.78 is 38.2. The molecule has 0 aliphatic rings. The van der Waals surface area contributed by atoms with Gasteiger partial charge in [-0.05, 0) is 14.0 Å². The molecule has 1 aromatic rings. The zero-order valence-corrected chi connectivity index (χ0v) is 10.7. The number of alkyl halides is 3. The second-order valence-electron chi connectivity index (χ2n) is 3.95. The number of aliphatic carboxylic acids is 1. The van der Waals surface area contributed by atoms with Crippen molar-refractivity contribution in [2.75, 3.05) is 7.05 Å². The highest BCUT2D eigenvalue weighted by atomic mass is 32.1. The molecule has 0 spiro atoms. The molecule has 1 N–H and O–H groups in total. The van der Waals surface area contributed by atoms with Gasteiger partial charge in [0.15, 0.2) is 0 Å². The predicted molar refractivity (Wildman–Crippen MR) is 60.4 cm³/mol. The maximum atomic E-state index is 12.7. The number of nitrogens with zero attached hydrogens (tertiary/aromatic N) is 2. The van der Waals surface area contributed by atoms with E-state index in [4.69, 9.17) is 5.11 Å². The van der Waals surface area contributed by atoms with Crippen molar-refractivity contribution in [1.82, 2.24) is 9.88 Å². The monoisotopic (exact) mass is 282 g/mol. The number of aromatic nitrogens is 1. The number of aryl methyl sites for hydroxylation is 1. The molecule has 0 fully saturated rings. The van der Waals surface area contributed by atoms with Crippen molar-refractivity contribution in [3.8, 4) is 0 Å². The van der Waals surface area contributed by atoms with Gasteiger partial charge < -0.3 is 5.11 Å². The molecule has 1 heterocycles. The lowest BCUT2D eigenvalue weighted by molar-refractivity contribution is -0.188. The van der Waals surface area contributed by atoms with Gasteiger partial charge in [0.25, 0.3) is 0 Å². The van der Waals surface area contributed by atoms with Crippen molar-refractivity contribution in [2.45, 2.75) is 32.1 Å². The minimum Gasteiger partial charge on any atom is -0.481 e. The lowest BCUT2D eigenvalue weighted by Gasteiger charge is -2.27. The Morgan fingerprint density at radius 3 is 2.61 bits per heavy atom. The Bertz CT molecular complexity index is 420. The Balaban J connectivity index is 2.76. The van der Waals surface area contributed by atoms with Gasteiger partial charge in [0.2, 0.25) is 0 Å². The van der Waals surface area contributed by atoms with Gasteiger partial charge in [-0.2, -0.15) is 13.2 Å². The molecule has 0 aromatic carbocycles. The molecule has 1 atom stereocenters. The van der Waals surface area contributed by atoms with Crippen LogP contribution in [0.2, 0.25) is 0 Å². The van der Waals surface area contributed by atoms with Crippen molar-refractivity contribution >= 4 is 17.3 Å². The molecule has 0 aliphatic carbocycles. The number of halogens is 3. The minimum atomic E-state index is -4.57. The van der Waals surface area contributed by atoms with Crippen LogP contribution in [-0.4, -0.2) is 40.2 Å². The largest absolute Gasteiger partial charge is 0.481 e. The van der Waals surface area contributed by atoms with Gasteiger partial charge in [-0.3, -0.25) is 9.69 Å². The van der Waals surface area contributed by atoms with Gasteiger partial charge in [0.05, 0.1) is 13.0 Å². The zero-order valence-electron chi connectivity index (χ0n) is 9.86. The van der Waals surface area contributed by atoms with Gasteiger partial charge in [-0.25, -0.2) is 4.98 Å². The highest BCUT2D eigenvalue weighted by molar-refractivity contribution is 7.09. The summed E-state index contributed by atoms with van der Waals surface area (Å²) >= 11 is 1.26. The van der Waals surface area contributed by atoms with Crippen LogP contribution < -0.4 is 0 Å². The zero-order chi connectivity index (χ0) is 13.9. The SMILES string of the molecule is Cc1csc(CN(C)C(CC(=O)O)C(F)(F)F)n1. The quantitative estimate of drug-likeness (QED) is 0.900. The van der Waals surface area contributed by atoms with Crippen LogP contribution in [0.1, 0.15) is 17.1 Å². The molecule has 0 saturated carbocycles. The second kappa shape index (κ2) is 5.66. The Hall–Kier alpha value is -1.15. The van der Waals surface area contributed by atoms with E-state index in [0.29, 0.717) is 5.01 Å². The predicted octanol–water partition coefficient (Wildman–Crippen LogP) is 2.29. The fourth-order valence-corrected chi connectivity index (χ4v) is 2.32. The lowest BCUT2D eigenvalue weighted by Crippen LogP contribution is -2.44. The molecule has 8 heteroatoms.